The molecule has 2 heterocycles. The Morgan fingerprint density at radius 2 is 1.76 bits per heavy atom. The second-order valence-electron chi connectivity index (χ2n) is 4.61. The minimum atomic E-state index is -5.50. The number of hydrogen-bond acceptors (Lipinski definition) is 4. The molecule has 11 heteroatoms. The van der Waals surface area contributed by atoms with Gasteiger partial charge in [0.2, 0.25) is 0 Å². The summed E-state index contributed by atoms with van der Waals surface area (Å²) in [5.74, 6) is 0. The summed E-state index contributed by atoms with van der Waals surface area (Å²) in [6.07, 6.45) is 0.586. The van der Waals surface area contributed by atoms with Gasteiger partial charge in [-0.3, -0.25) is 9.13 Å². The van der Waals surface area contributed by atoms with Crippen molar-refractivity contribution < 1.29 is 33.8 Å². The molecule has 2 aromatic heterocycles. The molecule has 2 rings (SSSR count). The normalized spacial score (nSPS) is 13.8. The molecule has 116 valence electrons. The van der Waals surface area contributed by atoms with Crippen molar-refractivity contribution in [2.24, 2.45) is 0 Å². The Labute approximate surface area is 119 Å². The van der Waals surface area contributed by atoms with Gasteiger partial charge in [-0.05, 0) is 19.1 Å². The lowest BCUT2D eigenvalue weighted by Gasteiger charge is -2.29. The first-order chi connectivity index (χ1) is 9.47. The Kier molecular flexibility index (Phi) is 3.89. The number of rotatable bonds is 4. The lowest BCUT2D eigenvalue weighted by Crippen LogP contribution is -2.32. The van der Waals surface area contributed by atoms with E-state index in [1.165, 1.54) is 17.5 Å². The van der Waals surface area contributed by atoms with E-state index in [-0.39, 0.29) is 5.69 Å². The van der Waals surface area contributed by atoms with Crippen LogP contribution < -0.4 is 0 Å². The van der Waals surface area contributed by atoms with Gasteiger partial charge in [-0.25, -0.2) is 4.98 Å². The lowest BCUT2D eigenvalue weighted by molar-refractivity contribution is 0.129. The summed E-state index contributed by atoms with van der Waals surface area (Å²) >= 11 is 0. The van der Waals surface area contributed by atoms with E-state index in [9.17, 15) is 33.8 Å². The van der Waals surface area contributed by atoms with E-state index in [1.54, 1.807) is 18.2 Å². The van der Waals surface area contributed by atoms with Crippen LogP contribution in [0.25, 0.3) is 5.65 Å². The summed E-state index contributed by atoms with van der Waals surface area (Å²) in [6, 6.07) is 4.92. The van der Waals surface area contributed by atoms with Gasteiger partial charge in [0.15, 0.2) is 0 Å². The third-order valence-electron chi connectivity index (χ3n) is 3.17. The summed E-state index contributed by atoms with van der Waals surface area (Å²) < 4.78 is 24.2. The topological polar surface area (TPSA) is 153 Å². The quantitative estimate of drug-likeness (QED) is 0.496. The molecule has 0 aliphatic carbocycles. The zero-order valence-corrected chi connectivity index (χ0v) is 12.6. The molecule has 0 aliphatic rings. The molecule has 0 bridgehead atoms. The van der Waals surface area contributed by atoms with Crippen molar-refractivity contribution in [2.75, 3.05) is 0 Å². The Morgan fingerprint density at radius 3 is 2.29 bits per heavy atom. The van der Waals surface area contributed by atoms with Crippen LogP contribution in [0.5, 0.6) is 0 Å². The van der Waals surface area contributed by atoms with Crippen LogP contribution in [0.15, 0.2) is 24.4 Å². The number of imidazole rings is 1. The van der Waals surface area contributed by atoms with E-state index < -0.39 is 26.7 Å². The lowest BCUT2D eigenvalue weighted by atomic mass is 10.2. The zero-order valence-electron chi connectivity index (χ0n) is 10.9. The van der Waals surface area contributed by atoms with Crippen LogP contribution in [-0.2, 0) is 15.6 Å². The van der Waals surface area contributed by atoms with Crippen molar-refractivity contribution in [1.82, 2.24) is 9.38 Å². The minimum absolute atomic E-state index is 0.111. The number of aryl methyl sites for hydroxylation is 1. The third-order valence-corrected chi connectivity index (χ3v) is 6.91. The van der Waals surface area contributed by atoms with Crippen LogP contribution in [0.2, 0.25) is 0 Å². The SMILES string of the molecule is Cc1nc2ccccn2c1CC(O)(P(=O)(O)O)P(=O)(O)O. The predicted octanol–water partition coefficient (Wildman–Crippen LogP) is 0.187. The summed E-state index contributed by atoms with van der Waals surface area (Å²) in [4.78, 5) is 40.8. The molecular weight excluding hydrogens is 322 g/mol. The van der Waals surface area contributed by atoms with Gasteiger partial charge in [0.25, 0.3) is 5.08 Å². The number of pyridine rings is 1. The average molecular weight is 336 g/mol. The summed E-state index contributed by atoms with van der Waals surface area (Å²) in [7, 11) is -11.0. The molecule has 0 saturated carbocycles. The van der Waals surface area contributed by atoms with E-state index >= 15 is 0 Å². The van der Waals surface area contributed by atoms with E-state index in [2.05, 4.69) is 4.98 Å². The first kappa shape index (κ1) is 16.3. The third kappa shape index (κ3) is 2.69. The molecule has 0 saturated heterocycles. The molecule has 2 aromatic rings. The number of nitrogens with zero attached hydrogens (tertiary/aromatic N) is 2. The van der Waals surface area contributed by atoms with Crippen LogP contribution >= 0.6 is 15.2 Å². The van der Waals surface area contributed by atoms with Gasteiger partial charge in [0.05, 0.1) is 5.69 Å². The minimum Gasteiger partial charge on any atom is -0.367 e. The molecule has 5 N–H and O–H groups in total. The maximum absolute atomic E-state index is 11.4. The Balaban J connectivity index is 2.63. The van der Waals surface area contributed by atoms with Crippen LogP contribution in [0.1, 0.15) is 11.4 Å². The molecule has 0 radical (unpaired) electrons. The Hall–Kier alpha value is -1.05. The molecule has 9 nitrogen and oxygen atoms in total. The Bertz CT molecular complexity index is 753. The Morgan fingerprint density at radius 1 is 1.19 bits per heavy atom. The molecule has 0 fully saturated rings. The van der Waals surface area contributed by atoms with Gasteiger partial charge in [-0.1, -0.05) is 6.07 Å². The van der Waals surface area contributed by atoms with E-state index in [1.807, 2.05) is 0 Å². The first-order valence-electron chi connectivity index (χ1n) is 5.73. The van der Waals surface area contributed by atoms with Crippen LogP contribution in [-0.4, -0.2) is 39.1 Å². The maximum Gasteiger partial charge on any atom is 0.369 e. The highest BCUT2D eigenvalue weighted by Gasteiger charge is 2.59. The van der Waals surface area contributed by atoms with Crippen molar-refractivity contribution in [3.05, 3.63) is 35.8 Å². The van der Waals surface area contributed by atoms with Crippen molar-refractivity contribution in [2.45, 2.75) is 18.4 Å². The monoisotopic (exact) mass is 336 g/mol. The van der Waals surface area contributed by atoms with Gasteiger partial charge in [-0.15, -0.1) is 0 Å². The standard InChI is InChI=1S/C10H14N2O7P2/c1-7-8(12-5-3-2-4-9(12)11-7)6-10(13,20(14,15)16)21(17,18)19/h2-5,13H,6H2,1H3,(H2,14,15,16)(H2,17,18,19). The number of aromatic nitrogens is 2. The molecule has 0 aromatic carbocycles. The predicted molar refractivity (Wildman–Crippen MR) is 72.7 cm³/mol. The smallest absolute Gasteiger partial charge is 0.367 e. The first-order valence-corrected chi connectivity index (χ1v) is 8.96. The highest BCUT2D eigenvalue weighted by molar-refractivity contribution is 7.72. The molecule has 0 spiro atoms. The highest BCUT2D eigenvalue weighted by atomic mass is 31.2. The molecule has 0 aliphatic heterocycles. The van der Waals surface area contributed by atoms with Gasteiger partial charge < -0.3 is 29.1 Å². The van der Waals surface area contributed by atoms with E-state index in [0.29, 0.717) is 11.3 Å². The summed E-state index contributed by atoms with van der Waals surface area (Å²) in [6.45, 7) is 1.52. The van der Waals surface area contributed by atoms with Gasteiger partial charge in [0, 0.05) is 18.3 Å². The highest BCUT2D eigenvalue weighted by Crippen LogP contribution is 2.68. The second kappa shape index (κ2) is 5.00. The number of hydrogen-bond donors (Lipinski definition) is 5. The zero-order chi connectivity index (χ0) is 16.1. The largest absolute Gasteiger partial charge is 0.369 e. The van der Waals surface area contributed by atoms with Crippen molar-refractivity contribution in [1.29, 1.82) is 0 Å². The number of fused-ring (bicyclic) bond motifs is 1. The van der Waals surface area contributed by atoms with Crippen molar-refractivity contribution >= 4 is 20.8 Å². The van der Waals surface area contributed by atoms with Crippen LogP contribution in [0.3, 0.4) is 0 Å². The average Bonchev–Trinajstić information content (AvgIpc) is 2.63. The fourth-order valence-electron chi connectivity index (χ4n) is 1.98. The molecule has 0 atom stereocenters. The van der Waals surface area contributed by atoms with Crippen LogP contribution in [0.4, 0.5) is 0 Å². The van der Waals surface area contributed by atoms with E-state index in [0.717, 1.165) is 0 Å². The van der Waals surface area contributed by atoms with Crippen molar-refractivity contribution in [3.63, 3.8) is 0 Å². The molecule has 0 unspecified atom stereocenters. The van der Waals surface area contributed by atoms with Gasteiger partial charge in [-0.2, -0.15) is 0 Å². The molecule has 0 amide bonds. The molecule has 21 heavy (non-hydrogen) atoms. The van der Waals surface area contributed by atoms with Crippen molar-refractivity contribution in [3.8, 4) is 0 Å². The fraction of sp³-hybridized carbons (Fsp3) is 0.300. The van der Waals surface area contributed by atoms with Crippen LogP contribution in [0, 0.1) is 6.92 Å². The van der Waals surface area contributed by atoms with Gasteiger partial charge in [0.1, 0.15) is 5.65 Å². The summed E-state index contributed by atoms with van der Waals surface area (Å²) in [5, 5.41) is 6.48. The van der Waals surface area contributed by atoms with Gasteiger partial charge >= 0.3 is 15.2 Å². The summed E-state index contributed by atoms with van der Waals surface area (Å²) in [5.41, 5.74) is 0.852. The number of aliphatic hydroxyl groups is 1. The molecular formula is C10H14N2O7P2. The second-order valence-corrected chi connectivity index (χ2v) is 8.62. The fourth-order valence-corrected chi connectivity index (χ4v) is 4.05. The van der Waals surface area contributed by atoms with E-state index in [4.69, 9.17) is 0 Å². The maximum atomic E-state index is 11.4.